The summed E-state index contributed by atoms with van der Waals surface area (Å²) in [6, 6.07) is 27.2. The number of hydrogen-bond donors (Lipinski definition) is 1. The maximum atomic E-state index is 12.8. The Balaban J connectivity index is 1.65. The first kappa shape index (κ1) is 18.5. The molecule has 0 atom stereocenters. The van der Waals surface area contributed by atoms with E-state index in [-0.39, 0.29) is 6.03 Å². The Morgan fingerprint density at radius 2 is 1.52 bits per heavy atom. The van der Waals surface area contributed by atoms with Gasteiger partial charge < -0.3 is 10.1 Å². The first-order valence-electron chi connectivity index (χ1n) is 9.08. The molecular formula is C23H24N2O2. The molecule has 0 radical (unpaired) electrons. The van der Waals surface area contributed by atoms with Crippen LogP contribution >= 0.6 is 0 Å². The summed E-state index contributed by atoms with van der Waals surface area (Å²) in [4.78, 5) is 14.6. The number of nitrogens with one attached hydrogen (secondary N) is 1. The van der Waals surface area contributed by atoms with Crippen molar-refractivity contribution < 1.29 is 9.53 Å². The first-order valence-corrected chi connectivity index (χ1v) is 9.08. The van der Waals surface area contributed by atoms with Crippen LogP contribution in [0.3, 0.4) is 0 Å². The molecule has 0 fully saturated rings. The fourth-order valence-corrected chi connectivity index (χ4v) is 2.90. The number of carbonyl (C=O) groups is 1. The van der Waals surface area contributed by atoms with Crippen molar-refractivity contribution in [2.75, 3.05) is 23.9 Å². The zero-order chi connectivity index (χ0) is 18.9. The van der Waals surface area contributed by atoms with Crippen LogP contribution < -0.4 is 15.0 Å². The molecule has 3 rings (SSSR count). The Morgan fingerprint density at radius 3 is 2.15 bits per heavy atom. The number of ether oxygens (including phenoxy) is 1. The second-order valence-electron chi connectivity index (χ2n) is 6.23. The summed E-state index contributed by atoms with van der Waals surface area (Å²) < 4.78 is 5.20. The number of benzene rings is 3. The molecule has 0 bridgehead atoms. The number of rotatable bonds is 7. The van der Waals surface area contributed by atoms with E-state index in [1.54, 1.807) is 12.0 Å². The molecule has 1 N–H and O–H groups in total. The summed E-state index contributed by atoms with van der Waals surface area (Å²) in [6.07, 6.45) is 1.76. The molecule has 0 aromatic heterocycles. The number of para-hydroxylation sites is 2. The third-order valence-corrected chi connectivity index (χ3v) is 4.34. The third-order valence-electron chi connectivity index (χ3n) is 4.34. The predicted molar refractivity (Wildman–Crippen MR) is 111 cm³/mol. The molecule has 0 saturated heterocycles. The number of anilines is 2. The normalized spacial score (nSPS) is 10.3. The van der Waals surface area contributed by atoms with Crippen molar-refractivity contribution in [3.63, 3.8) is 0 Å². The van der Waals surface area contributed by atoms with Crippen molar-refractivity contribution in [3.8, 4) is 5.75 Å². The van der Waals surface area contributed by atoms with Crippen LogP contribution in [-0.2, 0) is 6.42 Å². The molecule has 0 aliphatic carbocycles. The molecule has 2 amide bonds. The Kier molecular flexibility index (Phi) is 6.47. The van der Waals surface area contributed by atoms with Crippen LogP contribution in [0.1, 0.15) is 12.0 Å². The van der Waals surface area contributed by atoms with Gasteiger partial charge >= 0.3 is 6.03 Å². The largest absolute Gasteiger partial charge is 0.497 e. The first-order chi connectivity index (χ1) is 13.3. The van der Waals surface area contributed by atoms with E-state index < -0.39 is 0 Å². The molecule has 0 saturated carbocycles. The topological polar surface area (TPSA) is 41.6 Å². The molecule has 4 heteroatoms. The maximum Gasteiger partial charge on any atom is 0.326 e. The fraction of sp³-hybridized carbons (Fsp3) is 0.174. The van der Waals surface area contributed by atoms with Gasteiger partial charge in [0.15, 0.2) is 0 Å². The number of methoxy groups -OCH3 is 1. The Morgan fingerprint density at radius 1 is 0.889 bits per heavy atom. The highest BCUT2D eigenvalue weighted by atomic mass is 16.5. The lowest BCUT2D eigenvalue weighted by molar-refractivity contribution is 0.257. The van der Waals surface area contributed by atoms with E-state index in [1.807, 2.05) is 72.8 Å². The minimum atomic E-state index is -0.123. The quantitative estimate of drug-likeness (QED) is 0.616. The van der Waals surface area contributed by atoms with Crippen LogP contribution in [0.15, 0.2) is 84.9 Å². The van der Waals surface area contributed by atoms with E-state index in [0.717, 1.165) is 30.0 Å². The number of aryl methyl sites for hydroxylation is 1. The molecule has 3 aromatic carbocycles. The highest BCUT2D eigenvalue weighted by Gasteiger charge is 2.15. The van der Waals surface area contributed by atoms with Gasteiger partial charge in [-0.1, -0.05) is 48.5 Å². The van der Waals surface area contributed by atoms with Crippen LogP contribution in [0.5, 0.6) is 5.75 Å². The number of carbonyl (C=O) groups excluding carboxylic acids is 1. The summed E-state index contributed by atoms with van der Waals surface area (Å²) in [7, 11) is 1.66. The molecule has 0 unspecified atom stereocenters. The summed E-state index contributed by atoms with van der Waals surface area (Å²) in [5, 5.41) is 2.97. The lowest BCUT2D eigenvalue weighted by Crippen LogP contribution is -2.36. The lowest BCUT2D eigenvalue weighted by Gasteiger charge is -2.23. The van der Waals surface area contributed by atoms with Gasteiger partial charge in [-0.2, -0.15) is 0 Å². The van der Waals surface area contributed by atoms with Crippen molar-refractivity contribution >= 4 is 17.4 Å². The van der Waals surface area contributed by atoms with Crippen molar-refractivity contribution in [1.29, 1.82) is 0 Å². The molecule has 0 heterocycles. The van der Waals surface area contributed by atoms with Crippen LogP contribution in [0.25, 0.3) is 0 Å². The molecule has 27 heavy (non-hydrogen) atoms. The Hall–Kier alpha value is -3.27. The van der Waals surface area contributed by atoms with E-state index in [9.17, 15) is 4.79 Å². The van der Waals surface area contributed by atoms with Gasteiger partial charge in [0.25, 0.3) is 0 Å². The molecular weight excluding hydrogens is 336 g/mol. The SMILES string of the molecule is COc1ccc(CCCN(C(=O)Nc2ccccc2)c2ccccc2)cc1. The van der Waals surface area contributed by atoms with Gasteiger partial charge in [0, 0.05) is 17.9 Å². The van der Waals surface area contributed by atoms with E-state index in [0.29, 0.717) is 6.54 Å². The average Bonchev–Trinajstić information content (AvgIpc) is 2.73. The zero-order valence-electron chi connectivity index (χ0n) is 15.5. The van der Waals surface area contributed by atoms with Crippen molar-refractivity contribution in [1.82, 2.24) is 0 Å². The maximum absolute atomic E-state index is 12.8. The summed E-state index contributed by atoms with van der Waals surface area (Å²) in [5.41, 5.74) is 2.91. The van der Waals surface area contributed by atoms with Gasteiger partial charge in [0.2, 0.25) is 0 Å². The second-order valence-corrected chi connectivity index (χ2v) is 6.23. The van der Waals surface area contributed by atoms with Gasteiger partial charge in [0.1, 0.15) is 5.75 Å². The molecule has 0 spiro atoms. The van der Waals surface area contributed by atoms with Gasteiger partial charge in [0.05, 0.1) is 7.11 Å². The highest BCUT2D eigenvalue weighted by Crippen LogP contribution is 2.18. The summed E-state index contributed by atoms with van der Waals surface area (Å²) in [6.45, 7) is 0.634. The van der Waals surface area contributed by atoms with Crippen molar-refractivity contribution in [2.24, 2.45) is 0 Å². The zero-order valence-corrected chi connectivity index (χ0v) is 15.5. The predicted octanol–water partition coefficient (Wildman–Crippen LogP) is 5.37. The Bertz CT molecular complexity index is 833. The van der Waals surface area contributed by atoms with Crippen molar-refractivity contribution in [3.05, 3.63) is 90.5 Å². The summed E-state index contributed by atoms with van der Waals surface area (Å²) >= 11 is 0. The van der Waals surface area contributed by atoms with Crippen LogP contribution in [0.4, 0.5) is 16.2 Å². The van der Waals surface area contributed by atoms with E-state index in [4.69, 9.17) is 4.74 Å². The second kappa shape index (κ2) is 9.43. The van der Waals surface area contributed by atoms with Gasteiger partial charge in [-0.25, -0.2) is 4.79 Å². The number of urea groups is 1. The van der Waals surface area contributed by atoms with Gasteiger partial charge in [-0.15, -0.1) is 0 Å². The molecule has 4 nitrogen and oxygen atoms in total. The smallest absolute Gasteiger partial charge is 0.326 e. The van der Waals surface area contributed by atoms with Crippen LogP contribution in [-0.4, -0.2) is 19.7 Å². The standard InChI is InChI=1S/C23H24N2O2/c1-27-22-16-14-19(15-17-22)9-8-18-25(21-12-6-3-7-13-21)23(26)24-20-10-4-2-5-11-20/h2-7,10-17H,8-9,18H2,1H3,(H,24,26). The molecule has 3 aromatic rings. The fourth-order valence-electron chi connectivity index (χ4n) is 2.90. The molecule has 0 aliphatic heterocycles. The Labute approximate surface area is 160 Å². The molecule has 138 valence electrons. The minimum absolute atomic E-state index is 0.123. The lowest BCUT2D eigenvalue weighted by atomic mass is 10.1. The number of amides is 2. The number of nitrogens with zero attached hydrogens (tertiary/aromatic N) is 1. The number of hydrogen-bond acceptors (Lipinski definition) is 2. The van der Waals surface area contributed by atoms with Gasteiger partial charge in [-0.3, -0.25) is 4.90 Å². The van der Waals surface area contributed by atoms with E-state index in [1.165, 1.54) is 5.56 Å². The average molecular weight is 360 g/mol. The minimum Gasteiger partial charge on any atom is -0.497 e. The summed E-state index contributed by atoms with van der Waals surface area (Å²) in [5.74, 6) is 0.854. The van der Waals surface area contributed by atoms with Crippen molar-refractivity contribution in [2.45, 2.75) is 12.8 Å². The van der Waals surface area contributed by atoms with Crippen LogP contribution in [0, 0.1) is 0 Å². The third kappa shape index (κ3) is 5.35. The highest BCUT2D eigenvalue weighted by molar-refractivity contribution is 6.01. The van der Waals surface area contributed by atoms with E-state index in [2.05, 4.69) is 17.4 Å². The van der Waals surface area contributed by atoms with E-state index >= 15 is 0 Å². The molecule has 0 aliphatic rings. The van der Waals surface area contributed by atoms with Gasteiger partial charge in [-0.05, 0) is 54.8 Å². The van der Waals surface area contributed by atoms with Crippen LogP contribution in [0.2, 0.25) is 0 Å². The monoisotopic (exact) mass is 360 g/mol.